The molecule has 0 spiro atoms. The summed E-state index contributed by atoms with van der Waals surface area (Å²) in [5, 5.41) is 19.2. The second kappa shape index (κ2) is 3.94. The maximum absolute atomic E-state index is 9.82. The molecule has 0 aromatic carbocycles. The van der Waals surface area contributed by atoms with Crippen LogP contribution in [0, 0.1) is 11.8 Å². The van der Waals surface area contributed by atoms with Crippen LogP contribution in [0.3, 0.4) is 0 Å². The lowest BCUT2D eigenvalue weighted by molar-refractivity contribution is 0.123. The molecule has 0 bridgehead atoms. The Kier molecular flexibility index (Phi) is 2.57. The fourth-order valence-electron chi connectivity index (χ4n) is 2.98. The fourth-order valence-corrected chi connectivity index (χ4v) is 3.63. The Morgan fingerprint density at radius 2 is 2.25 bits per heavy atom. The molecule has 3 atom stereocenters. The van der Waals surface area contributed by atoms with Gasteiger partial charge in [0.05, 0.1) is 12.6 Å². The van der Waals surface area contributed by atoms with Gasteiger partial charge in [-0.15, -0.1) is 10.2 Å². The van der Waals surface area contributed by atoms with Crippen LogP contribution >= 0.6 is 11.3 Å². The van der Waals surface area contributed by atoms with Crippen molar-refractivity contribution in [3.63, 3.8) is 0 Å². The van der Waals surface area contributed by atoms with E-state index in [1.54, 1.807) is 0 Å². The predicted molar refractivity (Wildman–Crippen MR) is 61.8 cm³/mol. The third kappa shape index (κ3) is 1.81. The first-order valence-corrected chi connectivity index (χ1v) is 6.52. The minimum Gasteiger partial charge on any atom is -0.393 e. The van der Waals surface area contributed by atoms with Gasteiger partial charge < -0.3 is 10.8 Å². The van der Waals surface area contributed by atoms with Gasteiger partial charge in [0.15, 0.2) is 0 Å². The van der Waals surface area contributed by atoms with Gasteiger partial charge in [-0.2, -0.15) is 0 Å². The zero-order valence-corrected chi connectivity index (χ0v) is 9.86. The SMILES string of the molecule is Nc1nnc(CN2CC3CCC(O)C3C2)s1. The van der Waals surface area contributed by atoms with Crippen LogP contribution in [-0.4, -0.2) is 39.4 Å². The molecule has 0 radical (unpaired) electrons. The Morgan fingerprint density at radius 1 is 1.38 bits per heavy atom. The van der Waals surface area contributed by atoms with Crippen LogP contribution in [-0.2, 0) is 6.54 Å². The maximum Gasteiger partial charge on any atom is 0.203 e. The van der Waals surface area contributed by atoms with Gasteiger partial charge in [-0.3, -0.25) is 4.90 Å². The molecule has 88 valence electrons. The molecule has 1 aromatic rings. The monoisotopic (exact) mass is 240 g/mol. The number of nitrogen functional groups attached to an aromatic ring is 1. The van der Waals surface area contributed by atoms with Crippen molar-refractivity contribution in [3.8, 4) is 0 Å². The Hall–Kier alpha value is -0.720. The quantitative estimate of drug-likeness (QED) is 0.779. The molecule has 2 aliphatic rings. The van der Waals surface area contributed by atoms with E-state index in [0.717, 1.165) is 31.1 Å². The van der Waals surface area contributed by atoms with E-state index >= 15 is 0 Å². The van der Waals surface area contributed by atoms with E-state index < -0.39 is 0 Å². The number of aliphatic hydroxyl groups excluding tert-OH is 1. The summed E-state index contributed by atoms with van der Waals surface area (Å²) in [6.45, 7) is 2.90. The molecule has 1 aliphatic heterocycles. The lowest BCUT2D eigenvalue weighted by Gasteiger charge is -2.15. The molecule has 3 unspecified atom stereocenters. The van der Waals surface area contributed by atoms with Crippen LogP contribution in [0.2, 0.25) is 0 Å². The molecule has 3 N–H and O–H groups in total. The number of likely N-dealkylation sites (tertiary alicyclic amines) is 1. The van der Waals surface area contributed by atoms with Gasteiger partial charge in [0.1, 0.15) is 5.01 Å². The minimum atomic E-state index is -0.0884. The highest BCUT2D eigenvalue weighted by atomic mass is 32.1. The van der Waals surface area contributed by atoms with Crippen molar-refractivity contribution >= 4 is 16.5 Å². The zero-order valence-electron chi connectivity index (χ0n) is 9.04. The van der Waals surface area contributed by atoms with Crippen LogP contribution in [0.5, 0.6) is 0 Å². The number of fused-ring (bicyclic) bond motifs is 1. The van der Waals surface area contributed by atoms with Crippen molar-refractivity contribution < 1.29 is 5.11 Å². The number of nitrogens with zero attached hydrogens (tertiary/aromatic N) is 3. The molecule has 6 heteroatoms. The van der Waals surface area contributed by atoms with E-state index in [0.29, 0.717) is 17.0 Å². The van der Waals surface area contributed by atoms with Crippen molar-refractivity contribution in [2.45, 2.75) is 25.5 Å². The molecular weight excluding hydrogens is 224 g/mol. The summed E-state index contributed by atoms with van der Waals surface area (Å²) in [7, 11) is 0. The predicted octanol–water partition coefficient (Wildman–Crippen LogP) is 0.323. The van der Waals surface area contributed by atoms with Gasteiger partial charge in [0, 0.05) is 19.0 Å². The third-order valence-electron chi connectivity index (χ3n) is 3.74. The summed E-state index contributed by atoms with van der Waals surface area (Å²) in [5.74, 6) is 1.16. The summed E-state index contributed by atoms with van der Waals surface area (Å²) in [6.07, 6.45) is 2.06. The molecule has 2 fully saturated rings. The maximum atomic E-state index is 9.82. The van der Waals surface area contributed by atoms with Crippen molar-refractivity contribution in [2.75, 3.05) is 18.8 Å². The average Bonchev–Trinajstić information content (AvgIpc) is 2.88. The van der Waals surface area contributed by atoms with Gasteiger partial charge in [0.2, 0.25) is 5.13 Å². The Labute approximate surface area is 98.3 Å². The molecule has 1 saturated heterocycles. The van der Waals surface area contributed by atoms with Crippen LogP contribution in [0.25, 0.3) is 0 Å². The summed E-state index contributed by atoms with van der Waals surface area (Å²) in [6, 6.07) is 0. The van der Waals surface area contributed by atoms with Crippen LogP contribution in [0.4, 0.5) is 5.13 Å². The van der Waals surface area contributed by atoms with E-state index in [2.05, 4.69) is 15.1 Å². The van der Waals surface area contributed by atoms with E-state index in [9.17, 15) is 5.11 Å². The molecule has 5 nitrogen and oxygen atoms in total. The average molecular weight is 240 g/mol. The molecular formula is C10H16N4OS. The third-order valence-corrected chi connectivity index (χ3v) is 4.47. The highest BCUT2D eigenvalue weighted by Crippen LogP contribution is 2.38. The number of anilines is 1. The number of hydrogen-bond acceptors (Lipinski definition) is 6. The minimum absolute atomic E-state index is 0.0884. The van der Waals surface area contributed by atoms with Crippen molar-refractivity contribution in [1.29, 1.82) is 0 Å². The van der Waals surface area contributed by atoms with Gasteiger partial charge in [-0.25, -0.2) is 0 Å². The highest BCUT2D eigenvalue weighted by Gasteiger charge is 2.41. The molecule has 1 aliphatic carbocycles. The molecule has 3 rings (SSSR count). The van der Waals surface area contributed by atoms with Gasteiger partial charge >= 0.3 is 0 Å². The summed E-state index contributed by atoms with van der Waals surface area (Å²) in [4.78, 5) is 2.36. The highest BCUT2D eigenvalue weighted by molar-refractivity contribution is 7.15. The van der Waals surface area contributed by atoms with E-state index in [4.69, 9.17) is 5.73 Å². The Balaban J connectivity index is 1.62. The van der Waals surface area contributed by atoms with E-state index in [-0.39, 0.29) is 6.10 Å². The zero-order chi connectivity index (χ0) is 11.1. The smallest absolute Gasteiger partial charge is 0.203 e. The fraction of sp³-hybridized carbons (Fsp3) is 0.800. The number of hydrogen-bond donors (Lipinski definition) is 2. The molecule has 2 heterocycles. The number of rotatable bonds is 2. The molecule has 0 amide bonds. The summed E-state index contributed by atoms with van der Waals surface area (Å²) in [5.41, 5.74) is 5.55. The van der Waals surface area contributed by atoms with Crippen LogP contribution in [0.15, 0.2) is 0 Å². The Morgan fingerprint density at radius 3 is 2.94 bits per heavy atom. The number of aliphatic hydroxyl groups is 1. The van der Waals surface area contributed by atoms with E-state index in [1.807, 2.05) is 0 Å². The number of nitrogens with two attached hydrogens (primary N) is 1. The largest absolute Gasteiger partial charge is 0.393 e. The van der Waals surface area contributed by atoms with Crippen molar-refractivity contribution in [3.05, 3.63) is 5.01 Å². The van der Waals surface area contributed by atoms with E-state index in [1.165, 1.54) is 17.8 Å². The first-order valence-electron chi connectivity index (χ1n) is 5.70. The molecule has 1 aromatic heterocycles. The number of aromatic nitrogens is 2. The second-order valence-electron chi connectivity index (χ2n) is 4.80. The molecule has 1 saturated carbocycles. The Bertz CT molecular complexity index is 383. The topological polar surface area (TPSA) is 75.3 Å². The standard InChI is InChI=1S/C10H16N4OS/c11-10-13-12-9(16-10)5-14-3-6-1-2-8(15)7(6)4-14/h6-8,15H,1-5H2,(H2,11,13). The second-order valence-corrected chi connectivity index (χ2v) is 5.89. The summed E-state index contributed by atoms with van der Waals surface area (Å²) >= 11 is 1.45. The van der Waals surface area contributed by atoms with Gasteiger partial charge in [-0.1, -0.05) is 11.3 Å². The van der Waals surface area contributed by atoms with Gasteiger partial charge in [0.25, 0.3) is 0 Å². The summed E-state index contributed by atoms with van der Waals surface area (Å²) < 4.78 is 0. The lowest BCUT2D eigenvalue weighted by Crippen LogP contribution is -2.24. The van der Waals surface area contributed by atoms with Crippen LogP contribution < -0.4 is 5.73 Å². The van der Waals surface area contributed by atoms with Crippen molar-refractivity contribution in [1.82, 2.24) is 15.1 Å². The first kappa shape index (κ1) is 10.4. The van der Waals surface area contributed by atoms with Gasteiger partial charge in [-0.05, 0) is 18.8 Å². The lowest BCUT2D eigenvalue weighted by atomic mass is 10.00. The normalized spacial score (nSPS) is 34.4. The first-order chi connectivity index (χ1) is 7.72. The molecule has 16 heavy (non-hydrogen) atoms. The van der Waals surface area contributed by atoms with Crippen LogP contribution in [0.1, 0.15) is 17.8 Å². The van der Waals surface area contributed by atoms with Crippen molar-refractivity contribution in [2.24, 2.45) is 11.8 Å².